The molecule has 0 aliphatic rings. The lowest BCUT2D eigenvalue weighted by Crippen LogP contribution is -2.27. The minimum Gasteiger partial charge on any atom is -0.350 e. The lowest BCUT2D eigenvalue weighted by Gasteiger charge is -2.05. The average molecular weight is 339 g/mol. The minimum absolute atomic E-state index is 0.208. The minimum atomic E-state index is -0.208. The normalized spacial score (nSPS) is 10.5. The number of carbonyl (C=O) groups is 1. The number of nitrogens with one attached hydrogen (secondary N) is 1. The van der Waals surface area contributed by atoms with Crippen molar-refractivity contribution in [2.24, 2.45) is 0 Å². The van der Waals surface area contributed by atoms with Gasteiger partial charge in [0.25, 0.3) is 5.91 Å². The quantitative estimate of drug-likeness (QED) is 0.669. The molecule has 7 heteroatoms. The Balaban J connectivity index is 1.42. The van der Waals surface area contributed by atoms with Crippen molar-refractivity contribution in [3.8, 4) is 5.82 Å². The molecule has 0 aliphatic heterocycles. The summed E-state index contributed by atoms with van der Waals surface area (Å²) in [6.07, 6.45) is 5.07. The molecule has 1 amide bonds. The van der Waals surface area contributed by atoms with Gasteiger partial charge in [-0.25, -0.2) is 4.98 Å². The Morgan fingerprint density at radius 2 is 2.00 bits per heavy atom. The zero-order chi connectivity index (χ0) is 16.6. The van der Waals surface area contributed by atoms with Gasteiger partial charge >= 0.3 is 0 Å². The van der Waals surface area contributed by atoms with Crippen molar-refractivity contribution in [3.63, 3.8) is 0 Å². The van der Waals surface area contributed by atoms with Crippen LogP contribution in [0.2, 0.25) is 0 Å². The predicted molar refractivity (Wildman–Crippen MR) is 94.1 cm³/mol. The van der Waals surface area contributed by atoms with E-state index in [-0.39, 0.29) is 5.91 Å². The van der Waals surface area contributed by atoms with Crippen LogP contribution in [0.3, 0.4) is 0 Å². The summed E-state index contributed by atoms with van der Waals surface area (Å²) < 4.78 is 1.73. The molecule has 2 heterocycles. The van der Waals surface area contributed by atoms with Crippen LogP contribution in [-0.4, -0.2) is 38.0 Å². The summed E-state index contributed by atoms with van der Waals surface area (Å²) in [5.74, 6) is 2.21. The Bertz CT molecular complexity index is 759. The summed E-state index contributed by atoms with van der Waals surface area (Å²) in [5.41, 5.74) is 1.60. The van der Waals surface area contributed by atoms with Gasteiger partial charge in [0.2, 0.25) is 0 Å². The van der Waals surface area contributed by atoms with E-state index >= 15 is 0 Å². The average Bonchev–Trinajstić information content (AvgIpc) is 3.17. The van der Waals surface area contributed by atoms with Crippen molar-refractivity contribution in [1.29, 1.82) is 0 Å². The molecular formula is C17H17N5OS. The molecule has 3 rings (SSSR count). The highest BCUT2D eigenvalue weighted by Crippen LogP contribution is 2.10. The van der Waals surface area contributed by atoms with Gasteiger partial charge in [0.1, 0.15) is 6.33 Å². The lowest BCUT2D eigenvalue weighted by molar-refractivity contribution is 0.0950. The number of imidazole rings is 1. The van der Waals surface area contributed by atoms with E-state index in [0.717, 1.165) is 11.5 Å². The molecule has 122 valence electrons. The van der Waals surface area contributed by atoms with Gasteiger partial charge in [-0.15, -0.1) is 10.2 Å². The first-order valence-corrected chi connectivity index (χ1v) is 8.70. The van der Waals surface area contributed by atoms with E-state index in [1.165, 1.54) is 5.56 Å². The van der Waals surface area contributed by atoms with Crippen molar-refractivity contribution in [2.75, 3.05) is 12.3 Å². The zero-order valence-electron chi connectivity index (χ0n) is 13.0. The van der Waals surface area contributed by atoms with Crippen LogP contribution in [0.4, 0.5) is 0 Å². The summed E-state index contributed by atoms with van der Waals surface area (Å²) in [7, 11) is 0. The van der Waals surface area contributed by atoms with Crippen LogP contribution in [0.15, 0.2) is 61.2 Å². The van der Waals surface area contributed by atoms with Crippen molar-refractivity contribution in [2.45, 2.75) is 5.75 Å². The number of thioether (sulfide) groups is 1. The topological polar surface area (TPSA) is 72.7 Å². The number of aromatic nitrogens is 4. The summed E-state index contributed by atoms with van der Waals surface area (Å²) in [6, 6.07) is 13.7. The lowest BCUT2D eigenvalue weighted by atomic mass is 10.2. The first-order chi connectivity index (χ1) is 11.8. The number of rotatable bonds is 7. The van der Waals surface area contributed by atoms with Crippen molar-refractivity contribution < 1.29 is 4.79 Å². The van der Waals surface area contributed by atoms with E-state index in [1.54, 1.807) is 47.2 Å². The molecule has 0 spiro atoms. The van der Waals surface area contributed by atoms with Crippen LogP contribution >= 0.6 is 11.8 Å². The fraction of sp³-hybridized carbons (Fsp3) is 0.176. The molecule has 0 bridgehead atoms. The molecule has 3 aromatic rings. The summed E-state index contributed by atoms with van der Waals surface area (Å²) >= 11 is 1.78. The van der Waals surface area contributed by atoms with Gasteiger partial charge in [-0.2, -0.15) is 11.8 Å². The van der Waals surface area contributed by atoms with E-state index in [4.69, 9.17) is 0 Å². The molecule has 0 radical (unpaired) electrons. The van der Waals surface area contributed by atoms with Gasteiger partial charge in [-0.1, -0.05) is 30.3 Å². The molecule has 0 saturated carbocycles. The standard InChI is InChI=1S/C17H17N5OS/c23-17(19-9-11-24-12-14-4-2-1-3-5-14)15-6-7-16(21-20-15)22-10-8-18-13-22/h1-8,10,13H,9,11-12H2,(H,19,23). The van der Waals surface area contributed by atoms with Crippen LogP contribution in [-0.2, 0) is 5.75 Å². The summed E-state index contributed by atoms with van der Waals surface area (Å²) in [6.45, 7) is 0.598. The van der Waals surface area contributed by atoms with Crippen LogP contribution in [0.5, 0.6) is 0 Å². The molecular weight excluding hydrogens is 322 g/mol. The van der Waals surface area contributed by atoms with Crippen LogP contribution in [0.25, 0.3) is 5.82 Å². The van der Waals surface area contributed by atoms with Gasteiger partial charge in [0.05, 0.1) is 0 Å². The van der Waals surface area contributed by atoms with Crippen molar-refractivity contribution >= 4 is 17.7 Å². The third-order valence-corrected chi connectivity index (χ3v) is 4.33. The Labute approximate surface area is 144 Å². The Kier molecular flexibility index (Phi) is 5.57. The maximum atomic E-state index is 12.0. The number of hydrogen-bond donors (Lipinski definition) is 1. The highest BCUT2D eigenvalue weighted by atomic mass is 32.2. The molecule has 0 saturated heterocycles. The summed E-state index contributed by atoms with van der Waals surface area (Å²) in [5, 5.41) is 10.9. The second-order valence-electron chi connectivity index (χ2n) is 5.04. The zero-order valence-corrected chi connectivity index (χ0v) is 13.8. The van der Waals surface area contributed by atoms with E-state index in [1.807, 2.05) is 18.2 Å². The Hall–Kier alpha value is -2.67. The molecule has 6 nitrogen and oxygen atoms in total. The third kappa shape index (κ3) is 4.42. The maximum absolute atomic E-state index is 12.0. The molecule has 0 fully saturated rings. The highest BCUT2D eigenvalue weighted by Gasteiger charge is 2.08. The molecule has 0 atom stereocenters. The van der Waals surface area contributed by atoms with E-state index in [2.05, 4.69) is 32.6 Å². The second kappa shape index (κ2) is 8.26. The number of hydrogen-bond acceptors (Lipinski definition) is 5. The molecule has 2 aromatic heterocycles. The van der Waals surface area contributed by atoms with Crippen LogP contribution in [0.1, 0.15) is 16.1 Å². The highest BCUT2D eigenvalue weighted by molar-refractivity contribution is 7.98. The van der Waals surface area contributed by atoms with Gasteiger partial charge < -0.3 is 5.32 Å². The number of nitrogens with zero attached hydrogens (tertiary/aromatic N) is 4. The van der Waals surface area contributed by atoms with Gasteiger partial charge in [0, 0.05) is 30.4 Å². The largest absolute Gasteiger partial charge is 0.350 e. The molecule has 0 aliphatic carbocycles. The molecule has 1 aromatic carbocycles. The van der Waals surface area contributed by atoms with Crippen LogP contribution in [0, 0.1) is 0 Å². The van der Waals surface area contributed by atoms with Gasteiger partial charge in [-0.05, 0) is 17.7 Å². The van der Waals surface area contributed by atoms with E-state index in [9.17, 15) is 4.79 Å². The SMILES string of the molecule is O=C(NCCSCc1ccccc1)c1ccc(-n2ccnc2)nn1. The van der Waals surface area contributed by atoms with Crippen LogP contribution < -0.4 is 5.32 Å². The van der Waals surface area contributed by atoms with Crippen molar-refractivity contribution in [3.05, 3.63) is 72.4 Å². The fourth-order valence-corrected chi connectivity index (χ4v) is 2.89. The predicted octanol–water partition coefficient (Wildman–Crippen LogP) is 2.33. The van der Waals surface area contributed by atoms with E-state index in [0.29, 0.717) is 18.1 Å². The maximum Gasteiger partial charge on any atom is 0.271 e. The number of carbonyl (C=O) groups excluding carboxylic acids is 1. The van der Waals surface area contributed by atoms with Gasteiger partial charge in [-0.3, -0.25) is 9.36 Å². The number of benzene rings is 1. The number of amides is 1. The smallest absolute Gasteiger partial charge is 0.271 e. The van der Waals surface area contributed by atoms with E-state index < -0.39 is 0 Å². The Morgan fingerprint density at radius 1 is 1.12 bits per heavy atom. The Morgan fingerprint density at radius 3 is 2.71 bits per heavy atom. The monoisotopic (exact) mass is 339 g/mol. The third-order valence-electron chi connectivity index (χ3n) is 3.30. The van der Waals surface area contributed by atoms with Gasteiger partial charge in [0.15, 0.2) is 11.5 Å². The molecule has 24 heavy (non-hydrogen) atoms. The molecule has 1 N–H and O–H groups in total. The first kappa shape index (κ1) is 16.2. The summed E-state index contributed by atoms with van der Waals surface area (Å²) in [4.78, 5) is 16.0. The first-order valence-electron chi connectivity index (χ1n) is 7.55. The second-order valence-corrected chi connectivity index (χ2v) is 6.15. The van der Waals surface area contributed by atoms with Crippen molar-refractivity contribution in [1.82, 2.24) is 25.1 Å². The fourth-order valence-electron chi connectivity index (χ4n) is 2.07. The molecule has 0 unspecified atom stereocenters.